The Bertz CT molecular complexity index is 468. The molecule has 0 saturated carbocycles. The van der Waals surface area contributed by atoms with Crippen molar-refractivity contribution >= 4 is 17.3 Å². The minimum atomic E-state index is -0.0409. The van der Waals surface area contributed by atoms with Gasteiger partial charge in [0.15, 0.2) is 0 Å². The Morgan fingerprint density at radius 3 is 3.00 bits per heavy atom. The standard InChI is InChI=1S/C16H25N3O2/c1-12-5-4-7-14(17)16(12)18-15(21)11-19-9-3-2-6-13(19)8-10-20/h4-5,7,13,20H,2-3,6,8-11,17H2,1H3,(H,18,21). The highest BCUT2D eigenvalue weighted by molar-refractivity contribution is 5.96. The molecule has 0 radical (unpaired) electrons. The molecule has 4 N–H and O–H groups in total. The highest BCUT2D eigenvalue weighted by Crippen LogP contribution is 2.23. The zero-order valence-electron chi connectivity index (χ0n) is 12.6. The van der Waals surface area contributed by atoms with Gasteiger partial charge in [-0.05, 0) is 44.4 Å². The van der Waals surface area contributed by atoms with Crippen molar-refractivity contribution in [2.24, 2.45) is 0 Å². The van der Waals surface area contributed by atoms with Gasteiger partial charge in [-0.2, -0.15) is 0 Å². The van der Waals surface area contributed by atoms with Crippen LogP contribution in [0.25, 0.3) is 0 Å². The van der Waals surface area contributed by atoms with Gasteiger partial charge in [-0.3, -0.25) is 9.69 Å². The van der Waals surface area contributed by atoms with Gasteiger partial charge in [0.05, 0.1) is 17.9 Å². The van der Waals surface area contributed by atoms with Crippen molar-refractivity contribution in [1.82, 2.24) is 4.90 Å². The minimum Gasteiger partial charge on any atom is -0.397 e. The molecule has 1 fully saturated rings. The Balaban J connectivity index is 1.97. The summed E-state index contributed by atoms with van der Waals surface area (Å²) < 4.78 is 0. The van der Waals surface area contributed by atoms with E-state index in [1.807, 2.05) is 19.1 Å². The van der Waals surface area contributed by atoms with Gasteiger partial charge in [0.2, 0.25) is 5.91 Å². The lowest BCUT2D eigenvalue weighted by atomic mass is 9.99. The molecule has 1 aliphatic heterocycles. The average molecular weight is 291 g/mol. The Hall–Kier alpha value is -1.59. The first-order valence-corrected chi connectivity index (χ1v) is 7.61. The second-order valence-electron chi connectivity index (χ2n) is 5.72. The summed E-state index contributed by atoms with van der Waals surface area (Å²) in [5.74, 6) is -0.0409. The van der Waals surface area contributed by atoms with E-state index in [2.05, 4.69) is 10.2 Å². The van der Waals surface area contributed by atoms with Crippen molar-refractivity contribution in [3.63, 3.8) is 0 Å². The summed E-state index contributed by atoms with van der Waals surface area (Å²) in [7, 11) is 0. The number of nitrogens with zero attached hydrogens (tertiary/aromatic N) is 1. The third-order valence-electron chi connectivity index (χ3n) is 4.13. The fourth-order valence-electron chi connectivity index (χ4n) is 2.97. The lowest BCUT2D eigenvalue weighted by molar-refractivity contribution is -0.118. The number of benzene rings is 1. The Labute approximate surface area is 126 Å². The number of carbonyl (C=O) groups excluding carboxylic acids is 1. The van der Waals surface area contributed by atoms with E-state index in [1.165, 1.54) is 6.42 Å². The van der Waals surface area contributed by atoms with Crippen LogP contribution in [0.5, 0.6) is 0 Å². The molecule has 1 unspecified atom stereocenters. The SMILES string of the molecule is Cc1cccc(N)c1NC(=O)CN1CCCCC1CCO. The van der Waals surface area contributed by atoms with Gasteiger partial charge in [0.1, 0.15) is 0 Å². The zero-order valence-corrected chi connectivity index (χ0v) is 12.6. The normalized spacial score (nSPS) is 19.4. The molecule has 21 heavy (non-hydrogen) atoms. The number of nitrogens with two attached hydrogens (primary N) is 1. The number of nitrogen functional groups attached to an aromatic ring is 1. The molecular weight excluding hydrogens is 266 g/mol. The number of aryl methyl sites for hydroxylation is 1. The summed E-state index contributed by atoms with van der Waals surface area (Å²) in [6.07, 6.45) is 4.08. The average Bonchev–Trinajstić information content (AvgIpc) is 2.45. The number of carbonyl (C=O) groups is 1. The lowest BCUT2D eigenvalue weighted by Gasteiger charge is -2.34. The van der Waals surface area contributed by atoms with Crippen molar-refractivity contribution in [2.45, 2.75) is 38.6 Å². The molecule has 1 atom stereocenters. The van der Waals surface area contributed by atoms with Gasteiger partial charge in [0, 0.05) is 12.6 Å². The van der Waals surface area contributed by atoms with Crippen molar-refractivity contribution in [2.75, 3.05) is 30.7 Å². The molecule has 0 aromatic heterocycles. The molecule has 1 amide bonds. The van der Waals surface area contributed by atoms with Crippen LogP contribution in [0.1, 0.15) is 31.2 Å². The van der Waals surface area contributed by atoms with Gasteiger partial charge in [-0.25, -0.2) is 0 Å². The molecule has 0 bridgehead atoms. The number of piperidine rings is 1. The minimum absolute atomic E-state index is 0.0409. The highest BCUT2D eigenvalue weighted by Gasteiger charge is 2.24. The third kappa shape index (κ3) is 4.19. The monoisotopic (exact) mass is 291 g/mol. The van der Waals surface area contributed by atoms with E-state index < -0.39 is 0 Å². The summed E-state index contributed by atoms with van der Waals surface area (Å²) in [6.45, 7) is 3.38. The van der Waals surface area contributed by atoms with E-state index in [1.54, 1.807) is 6.07 Å². The van der Waals surface area contributed by atoms with Crippen LogP contribution in [-0.4, -0.2) is 41.7 Å². The van der Waals surface area contributed by atoms with Crippen LogP contribution in [0.2, 0.25) is 0 Å². The lowest BCUT2D eigenvalue weighted by Crippen LogP contribution is -2.44. The van der Waals surface area contributed by atoms with E-state index in [0.717, 1.165) is 31.4 Å². The van der Waals surface area contributed by atoms with Crippen LogP contribution in [-0.2, 0) is 4.79 Å². The number of nitrogens with one attached hydrogen (secondary N) is 1. The van der Waals surface area contributed by atoms with Crippen LogP contribution in [0, 0.1) is 6.92 Å². The van der Waals surface area contributed by atoms with Crippen LogP contribution in [0.4, 0.5) is 11.4 Å². The van der Waals surface area contributed by atoms with E-state index in [9.17, 15) is 4.79 Å². The number of anilines is 2. The zero-order chi connectivity index (χ0) is 15.2. The molecule has 5 nitrogen and oxygen atoms in total. The molecular formula is C16H25N3O2. The number of amides is 1. The fourth-order valence-corrected chi connectivity index (χ4v) is 2.97. The highest BCUT2D eigenvalue weighted by atomic mass is 16.3. The van der Waals surface area contributed by atoms with Crippen molar-refractivity contribution < 1.29 is 9.90 Å². The molecule has 1 saturated heterocycles. The van der Waals surface area contributed by atoms with Crippen molar-refractivity contribution in [1.29, 1.82) is 0 Å². The number of aliphatic hydroxyl groups is 1. The maximum atomic E-state index is 12.3. The van der Waals surface area contributed by atoms with Crippen LogP contribution < -0.4 is 11.1 Å². The Kier molecular flexibility index (Phi) is 5.59. The molecule has 0 spiro atoms. The van der Waals surface area contributed by atoms with E-state index in [4.69, 9.17) is 10.8 Å². The third-order valence-corrected chi connectivity index (χ3v) is 4.13. The Morgan fingerprint density at radius 1 is 1.48 bits per heavy atom. The van der Waals surface area contributed by atoms with Crippen LogP contribution >= 0.6 is 0 Å². The molecule has 1 aliphatic rings. The van der Waals surface area contributed by atoms with E-state index in [0.29, 0.717) is 24.0 Å². The predicted molar refractivity (Wildman–Crippen MR) is 85.1 cm³/mol. The van der Waals surface area contributed by atoms with Gasteiger partial charge in [-0.15, -0.1) is 0 Å². The number of likely N-dealkylation sites (tertiary alicyclic amines) is 1. The number of aliphatic hydroxyl groups excluding tert-OH is 1. The van der Waals surface area contributed by atoms with Crippen LogP contribution in [0.15, 0.2) is 18.2 Å². The summed E-state index contributed by atoms with van der Waals surface area (Å²) in [4.78, 5) is 14.4. The number of rotatable bonds is 5. The summed E-state index contributed by atoms with van der Waals surface area (Å²) in [5.41, 5.74) is 8.18. The van der Waals surface area contributed by atoms with E-state index >= 15 is 0 Å². The second-order valence-corrected chi connectivity index (χ2v) is 5.72. The first kappa shape index (κ1) is 15.8. The molecule has 1 aromatic carbocycles. The molecule has 5 heteroatoms. The number of hydrogen-bond donors (Lipinski definition) is 3. The maximum absolute atomic E-state index is 12.3. The summed E-state index contributed by atoms with van der Waals surface area (Å²) in [6, 6.07) is 5.91. The second kappa shape index (κ2) is 7.43. The van der Waals surface area contributed by atoms with Crippen molar-refractivity contribution in [3.8, 4) is 0 Å². The van der Waals surface area contributed by atoms with Gasteiger partial charge >= 0.3 is 0 Å². The van der Waals surface area contributed by atoms with E-state index in [-0.39, 0.29) is 12.5 Å². The molecule has 1 aromatic rings. The summed E-state index contributed by atoms with van der Waals surface area (Å²) >= 11 is 0. The van der Waals surface area contributed by atoms with Crippen LogP contribution in [0.3, 0.4) is 0 Å². The predicted octanol–water partition coefficient (Wildman–Crippen LogP) is 1.75. The van der Waals surface area contributed by atoms with Gasteiger partial charge < -0.3 is 16.2 Å². The van der Waals surface area contributed by atoms with Gasteiger partial charge in [0.25, 0.3) is 0 Å². The number of para-hydroxylation sites is 1. The quantitative estimate of drug-likeness (QED) is 0.722. The summed E-state index contributed by atoms with van der Waals surface area (Å²) in [5, 5.41) is 12.1. The largest absolute Gasteiger partial charge is 0.397 e. The first-order chi connectivity index (χ1) is 10.1. The molecule has 116 valence electrons. The molecule has 1 heterocycles. The smallest absolute Gasteiger partial charge is 0.238 e. The number of hydrogen-bond acceptors (Lipinski definition) is 4. The Morgan fingerprint density at radius 2 is 2.29 bits per heavy atom. The topological polar surface area (TPSA) is 78.6 Å². The molecule has 0 aliphatic carbocycles. The maximum Gasteiger partial charge on any atom is 0.238 e. The first-order valence-electron chi connectivity index (χ1n) is 7.61. The van der Waals surface area contributed by atoms with Crippen molar-refractivity contribution in [3.05, 3.63) is 23.8 Å². The van der Waals surface area contributed by atoms with Gasteiger partial charge in [-0.1, -0.05) is 18.6 Å². The fraction of sp³-hybridized carbons (Fsp3) is 0.562. The molecule has 2 rings (SSSR count).